The van der Waals surface area contributed by atoms with Crippen LogP contribution in [0, 0.1) is 5.82 Å². The summed E-state index contributed by atoms with van der Waals surface area (Å²) in [5, 5.41) is 2.84. The minimum Gasteiger partial charge on any atom is -0.383 e. The first-order chi connectivity index (χ1) is 12.7. The lowest BCUT2D eigenvalue weighted by molar-refractivity contribution is 0.102. The largest absolute Gasteiger partial charge is 0.383 e. The Balaban J connectivity index is 1.54. The normalized spacial score (nSPS) is 15.1. The van der Waals surface area contributed by atoms with Gasteiger partial charge in [0.25, 0.3) is 5.91 Å². The van der Waals surface area contributed by atoms with E-state index in [-0.39, 0.29) is 11.7 Å². The van der Waals surface area contributed by atoms with Gasteiger partial charge in [-0.3, -0.25) is 9.69 Å². The third-order valence-electron chi connectivity index (χ3n) is 4.58. The van der Waals surface area contributed by atoms with Crippen LogP contribution < -0.4 is 10.2 Å². The second-order valence-electron chi connectivity index (χ2n) is 6.33. The summed E-state index contributed by atoms with van der Waals surface area (Å²) in [6.07, 6.45) is 0. The van der Waals surface area contributed by atoms with Crippen LogP contribution in [-0.4, -0.2) is 57.2 Å². The zero-order valence-electron chi connectivity index (χ0n) is 15.0. The van der Waals surface area contributed by atoms with Crippen LogP contribution in [0.4, 0.5) is 15.8 Å². The molecule has 0 aliphatic carbocycles. The Morgan fingerprint density at radius 2 is 1.69 bits per heavy atom. The number of rotatable bonds is 6. The molecule has 1 fully saturated rings. The van der Waals surface area contributed by atoms with Crippen LogP contribution >= 0.6 is 0 Å². The van der Waals surface area contributed by atoms with Crippen LogP contribution in [0.25, 0.3) is 0 Å². The van der Waals surface area contributed by atoms with Gasteiger partial charge < -0.3 is 15.0 Å². The number of ether oxygens (including phenoxy) is 1. The number of piperazine rings is 1. The summed E-state index contributed by atoms with van der Waals surface area (Å²) in [6, 6.07) is 13.3. The highest BCUT2D eigenvalue weighted by Gasteiger charge is 2.16. The molecule has 3 rings (SSSR count). The zero-order valence-corrected chi connectivity index (χ0v) is 15.0. The summed E-state index contributed by atoms with van der Waals surface area (Å²) in [5.41, 5.74) is 2.31. The van der Waals surface area contributed by atoms with Gasteiger partial charge in [0.1, 0.15) is 5.82 Å². The molecule has 0 unspecified atom stereocenters. The SMILES string of the molecule is COCCN1CCN(c2ccc(NC(=O)c3ccc(F)cc3)cc2)CC1. The first kappa shape index (κ1) is 18.4. The van der Waals surface area contributed by atoms with E-state index in [9.17, 15) is 9.18 Å². The molecule has 2 aromatic rings. The molecule has 2 aromatic carbocycles. The van der Waals surface area contributed by atoms with E-state index in [1.54, 1.807) is 7.11 Å². The van der Waals surface area contributed by atoms with Gasteiger partial charge in [0.05, 0.1) is 6.61 Å². The zero-order chi connectivity index (χ0) is 18.4. The van der Waals surface area contributed by atoms with Crippen LogP contribution in [0.5, 0.6) is 0 Å². The number of carbonyl (C=O) groups excluding carboxylic acids is 1. The standard InChI is InChI=1S/C20H24FN3O2/c1-26-15-14-23-10-12-24(13-11-23)19-8-6-18(7-9-19)22-20(25)16-2-4-17(21)5-3-16/h2-9H,10-15H2,1H3,(H,22,25). The number of methoxy groups -OCH3 is 1. The molecule has 1 N–H and O–H groups in total. The number of anilines is 2. The molecule has 6 heteroatoms. The smallest absolute Gasteiger partial charge is 0.255 e. The Kier molecular flexibility index (Phi) is 6.20. The molecule has 0 radical (unpaired) electrons. The van der Waals surface area contributed by atoms with Crippen molar-refractivity contribution in [3.63, 3.8) is 0 Å². The third-order valence-corrected chi connectivity index (χ3v) is 4.58. The number of hydrogen-bond donors (Lipinski definition) is 1. The van der Waals surface area contributed by atoms with E-state index in [1.807, 2.05) is 24.3 Å². The Hall–Kier alpha value is -2.44. The molecule has 1 aliphatic rings. The molecule has 0 spiro atoms. The van der Waals surface area contributed by atoms with E-state index in [0.717, 1.165) is 50.7 Å². The van der Waals surface area contributed by atoms with Gasteiger partial charge in [-0.15, -0.1) is 0 Å². The summed E-state index contributed by atoms with van der Waals surface area (Å²) in [6.45, 7) is 5.73. The fraction of sp³-hybridized carbons (Fsp3) is 0.350. The number of nitrogens with zero attached hydrogens (tertiary/aromatic N) is 2. The number of carbonyl (C=O) groups is 1. The number of benzene rings is 2. The fourth-order valence-electron chi connectivity index (χ4n) is 3.01. The molecule has 0 aromatic heterocycles. The molecule has 138 valence electrons. The summed E-state index contributed by atoms with van der Waals surface area (Å²) < 4.78 is 18.1. The molecular formula is C20H24FN3O2. The van der Waals surface area contributed by atoms with Gasteiger partial charge in [0, 0.05) is 56.8 Å². The van der Waals surface area contributed by atoms with Crippen LogP contribution in [0.1, 0.15) is 10.4 Å². The van der Waals surface area contributed by atoms with Gasteiger partial charge in [-0.05, 0) is 48.5 Å². The molecule has 5 nitrogen and oxygen atoms in total. The first-order valence-electron chi connectivity index (χ1n) is 8.79. The van der Waals surface area contributed by atoms with Gasteiger partial charge in [-0.2, -0.15) is 0 Å². The average Bonchev–Trinajstić information content (AvgIpc) is 2.68. The summed E-state index contributed by atoms with van der Waals surface area (Å²) in [5.74, 6) is -0.599. The molecule has 1 amide bonds. The number of halogens is 1. The lowest BCUT2D eigenvalue weighted by atomic mass is 10.2. The molecule has 0 bridgehead atoms. The maximum Gasteiger partial charge on any atom is 0.255 e. The first-order valence-corrected chi connectivity index (χ1v) is 8.79. The van der Waals surface area contributed by atoms with Crippen molar-refractivity contribution in [2.75, 3.05) is 56.7 Å². The maximum atomic E-state index is 12.9. The predicted octanol–water partition coefficient (Wildman–Crippen LogP) is 2.85. The third kappa shape index (κ3) is 4.80. The number of amides is 1. The van der Waals surface area contributed by atoms with Gasteiger partial charge in [-0.1, -0.05) is 0 Å². The van der Waals surface area contributed by atoms with E-state index < -0.39 is 0 Å². The van der Waals surface area contributed by atoms with E-state index in [1.165, 1.54) is 24.3 Å². The topological polar surface area (TPSA) is 44.8 Å². The molecule has 0 atom stereocenters. The quantitative estimate of drug-likeness (QED) is 0.864. The molecule has 26 heavy (non-hydrogen) atoms. The van der Waals surface area contributed by atoms with Crippen LogP contribution in [0.15, 0.2) is 48.5 Å². The Morgan fingerprint density at radius 1 is 1.04 bits per heavy atom. The highest BCUT2D eigenvalue weighted by Crippen LogP contribution is 2.20. The van der Waals surface area contributed by atoms with Gasteiger partial charge in [-0.25, -0.2) is 4.39 Å². The van der Waals surface area contributed by atoms with Crippen molar-refractivity contribution in [3.05, 3.63) is 59.9 Å². The number of hydrogen-bond acceptors (Lipinski definition) is 4. The van der Waals surface area contributed by atoms with Crippen molar-refractivity contribution in [2.45, 2.75) is 0 Å². The second kappa shape index (κ2) is 8.78. The Bertz CT molecular complexity index is 711. The van der Waals surface area contributed by atoms with E-state index in [4.69, 9.17) is 4.74 Å². The molecule has 1 heterocycles. The van der Waals surface area contributed by atoms with Gasteiger partial charge in [0.15, 0.2) is 0 Å². The maximum absolute atomic E-state index is 12.9. The second-order valence-corrected chi connectivity index (χ2v) is 6.33. The van der Waals surface area contributed by atoms with E-state index in [2.05, 4.69) is 15.1 Å². The summed E-state index contributed by atoms with van der Waals surface area (Å²) in [4.78, 5) is 16.9. The Labute approximate surface area is 153 Å². The van der Waals surface area contributed by atoms with Crippen molar-refractivity contribution < 1.29 is 13.9 Å². The molecule has 0 saturated carbocycles. The lowest BCUT2D eigenvalue weighted by Crippen LogP contribution is -2.47. The number of nitrogens with one attached hydrogen (secondary N) is 1. The van der Waals surface area contributed by atoms with Crippen LogP contribution in [0.3, 0.4) is 0 Å². The summed E-state index contributed by atoms with van der Waals surface area (Å²) >= 11 is 0. The molecule has 1 saturated heterocycles. The van der Waals surface area contributed by atoms with Crippen LogP contribution in [0.2, 0.25) is 0 Å². The van der Waals surface area contributed by atoms with Crippen molar-refractivity contribution >= 4 is 17.3 Å². The monoisotopic (exact) mass is 357 g/mol. The Morgan fingerprint density at radius 3 is 2.31 bits per heavy atom. The van der Waals surface area contributed by atoms with Crippen LogP contribution in [-0.2, 0) is 4.74 Å². The molecule has 1 aliphatic heterocycles. The van der Waals surface area contributed by atoms with Crippen molar-refractivity contribution in [2.24, 2.45) is 0 Å². The predicted molar refractivity (Wildman–Crippen MR) is 101 cm³/mol. The van der Waals surface area contributed by atoms with E-state index in [0.29, 0.717) is 5.56 Å². The minimum absolute atomic E-state index is 0.246. The van der Waals surface area contributed by atoms with Crippen molar-refractivity contribution in [3.8, 4) is 0 Å². The van der Waals surface area contributed by atoms with Crippen molar-refractivity contribution in [1.29, 1.82) is 0 Å². The highest BCUT2D eigenvalue weighted by molar-refractivity contribution is 6.04. The fourth-order valence-corrected chi connectivity index (χ4v) is 3.01. The van der Waals surface area contributed by atoms with Crippen molar-refractivity contribution in [1.82, 2.24) is 4.90 Å². The van der Waals surface area contributed by atoms with Gasteiger partial charge >= 0.3 is 0 Å². The molecular weight excluding hydrogens is 333 g/mol. The average molecular weight is 357 g/mol. The summed E-state index contributed by atoms with van der Waals surface area (Å²) in [7, 11) is 1.73. The minimum atomic E-state index is -0.353. The van der Waals surface area contributed by atoms with E-state index >= 15 is 0 Å². The highest BCUT2D eigenvalue weighted by atomic mass is 19.1. The lowest BCUT2D eigenvalue weighted by Gasteiger charge is -2.36. The van der Waals surface area contributed by atoms with Gasteiger partial charge in [0.2, 0.25) is 0 Å².